The van der Waals surface area contributed by atoms with Crippen molar-refractivity contribution in [2.24, 2.45) is 17.3 Å². The average molecular weight is 396 g/mol. The van der Waals surface area contributed by atoms with Gasteiger partial charge in [0.15, 0.2) is 0 Å². The molecule has 0 aliphatic heterocycles. The third kappa shape index (κ3) is 2.99. The summed E-state index contributed by atoms with van der Waals surface area (Å²) in [6.07, 6.45) is 3.20. The molecule has 1 aromatic carbocycles. The van der Waals surface area contributed by atoms with Crippen molar-refractivity contribution < 1.29 is 22.8 Å². The highest BCUT2D eigenvalue weighted by atomic mass is 32.2. The van der Waals surface area contributed by atoms with Gasteiger partial charge < -0.3 is 14.4 Å². The fourth-order valence-electron chi connectivity index (χ4n) is 5.79. The normalized spacial score (nSPS) is 38.2. The Bertz CT molecular complexity index is 839. The first-order valence-electron chi connectivity index (χ1n) is 9.74. The van der Waals surface area contributed by atoms with Crippen LogP contribution in [0.4, 0.5) is 0 Å². The second-order valence-corrected chi connectivity index (χ2v) is 10.6. The van der Waals surface area contributed by atoms with E-state index in [-0.39, 0.29) is 5.41 Å². The van der Waals surface area contributed by atoms with Gasteiger partial charge in [-0.3, -0.25) is 0 Å². The van der Waals surface area contributed by atoms with Crippen LogP contribution in [-0.2, 0) is 16.7 Å². The first kappa shape index (κ1) is 19.2. The molecule has 2 N–H and O–H groups in total. The Morgan fingerprint density at radius 2 is 1.96 bits per heavy atom. The van der Waals surface area contributed by atoms with E-state index >= 15 is 0 Å². The highest BCUT2D eigenvalue weighted by Crippen LogP contribution is 2.60. The second-order valence-electron chi connectivity index (χ2n) is 8.89. The molecule has 7 heteroatoms. The van der Waals surface area contributed by atoms with Crippen LogP contribution in [0, 0.1) is 17.3 Å². The monoisotopic (exact) mass is 395 g/mol. The van der Waals surface area contributed by atoms with E-state index in [0.29, 0.717) is 29.9 Å². The Morgan fingerprint density at radius 1 is 1.22 bits per heavy atom. The van der Waals surface area contributed by atoms with Gasteiger partial charge in [-0.05, 0) is 78.5 Å². The molecule has 2 fully saturated rings. The summed E-state index contributed by atoms with van der Waals surface area (Å²) in [5.74, 6) is 1.55. The molecule has 0 amide bonds. The fraction of sp³-hybridized carbons (Fsp3) is 0.700. The van der Waals surface area contributed by atoms with Crippen molar-refractivity contribution in [2.45, 2.75) is 57.2 Å². The van der Waals surface area contributed by atoms with Gasteiger partial charge in [-0.2, -0.15) is 12.7 Å². The molecule has 6 nitrogen and oxygen atoms in total. The quantitative estimate of drug-likeness (QED) is 0.818. The second kappa shape index (κ2) is 6.44. The number of hydrogen-bond acceptors (Lipinski definition) is 5. The zero-order valence-corrected chi connectivity index (χ0v) is 16.9. The Morgan fingerprint density at radius 3 is 2.67 bits per heavy atom. The lowest BCUT2D eigenvalue weighted by molar-refractivity contribution is -0.0505. The number of rotatable bonds is 3. The molecule has 3 aliphatic carbocycles. The Balaban J connectivity index is 1.61. The van der Waals surface area contributed by atoms with E-state index in [9.17, 15) is 18.6 Å². The maximum atomic E-state index is 12.0. The van der Waals surface area contributed by atoms with Gasteiger partial charge in [0, 0.05) is 14.1 Å². The Hall–Kier alpha value is -1.15. The summed E-state index contributed by atoms with van der Waals surface area (Å²) in [7, 11) is -0.863. The van der Waals surface area contributed by atoms with Crippen LogP contribution in [-0.4, -0.2) is 49.2 Å². The first-order chi connectivity index (χ1) is 12.6. The molecule has 0 saturated heterocycles. The van der Waals surface area contributed by atoms with Crippen molar-refractivity contribution in [3.8, 4) is 5.75 Å². The maximum absolute atomic E-state index is 12.0. The molecule has 1 aromatic rings. The van der Waals surface area contributed by atoms with E-state index in [1.165, 1.54) is 19.7 Å². The molecule has 2 saturated carbocycles. The standard InChI is InChI=1S/C20H29NO5S/c1-20-9-8-15-14-7-5-13(26-27(24,25)21(2)3)10-12(14)4-6-16(15)17(20)11-18(22)19(20)23/h5,7,10,15-19,22-23H,4,6,8-9,11H2,1-3H3/t15?,16?,17?,18-,19+,20+/m1/s1. The van der Waals surface area contributed by atoms with E-state index in [1.54, 1.807) is 6.07 Å². The zero-order valence-electron chi connectivity index (χ0n) is 16.1. The third-order valence-electron chi connectivity index (χ3n) is 7.32. The largest absolute Gasteiger partial charge is 0.390 e. The summed E-state index contributed by atoms with van der Waals surface area (Å²) in [6.45, 7) is 2.13. The minimum absolute atomic E-state index is 0.194. The van der Waals surface area contributed by atoms with Crippen LogP contribution in [0.15, 0.2) is 18.2 Å². The van der Waals surface area contributed by atoms with Crippen LogP contribution in [0.1, 0.15) is 49.7 Å². The number of aryl methyl sites for hydroxylation is 1. The molecular weight excluding hydrogens is 366 g/mol. The molecule has 0 aromatic heterocycles. The van der Waals surface area contributed by atoms with Crippen LogP contribution < -0.4 is 4.18 Å². The summed E-state index contributed by atoms with van der Waals surface area (Å²) >= 11 is 0. The van der Waals surface area contributed by atoms with Gasteiger partial charge in [0.05, 0.1) is 12.2 Å². The van der Waals surface area contributed by atoms with Crippen LogP contribution >= 0.6 is 0 Å². The fourth-order valence-corrected chi connectivity index (χ4v) is 6.29. The van der Waals surface area contributed by atoms with Crippen molar-refractivity contribution in [1.82, 2.24) is 4.31 Å². The van der Waals surface area contributed by atoms with Crippen LogP contribution in [0.3, 0.4) is 0 Å². The third-order valence-corrected chi connectivity index (χ3v) is 8.62. The smallest absolute Gasteiger partial charge is 0.384 e. The number of hydrogen-bond donors (Lipinski definition) is 2. The lowest BCUT2D eigenvalue weighted by atomic mass is 9.55. The van der Waals surface area contributed by atoms with Gasteiger partial charge in [0.25, 0.3) is 0 Å². The summed E-state index contributed by atoms with van der Waals surface area (Å²) in [6, 6.07) is 5.62. The molecule has 0 bridgehead atoms. The predicted molar refractivity (Wildman–Crippen MR) is 102 cm³/mol. The number of aliphatic hydroxyl groups excluding tert-OH is 2. The molecular formula is C20H29NO5S. The van der Waals surface area contributed by atoms with Crippen LogP contribution in [0.5, 0.6) is 5.75 Å². The minimum atomic E-state index is -3.76. The maximum Gasteiger partial charge on any atom is 0.384 e. The van der Waals surface area contributed by atoms with E-state index in [4.69, 9.17) is 4.18 Å². The van der Waals surface area contributed by atoms with Crippen molar-refractivity contribution in [3.63, 3.8) is 0 Å². The lowest BCUT2D eigenvalue weighted by Crippen LogP contribution is -2.44. The lowest BCUT2D eigenvalue weighted by Gasteiger charge is -2.49. The molecule has 150 valence electrons. The number of nitrogens with zero attached hydrogens (tertiary/aromatic N) is 1. The number of aliphatic hydroxyl groups is 2. The molecule has 0 radical (unpaired) electrons. The number of fused-ring (bicyclic) bond motifs is 5. The molecule has 0 heterocycles. The Kier molecular flexibility index (Phi) is 4.57. The first-order valence-corrected chi connectivity index (χ1v) is 11.1. The SMILES string of the molecule is CN(C)S(=O)(=O)Oc1ccc2c(c1)CCC1C2CC[C@@]2(C)C1C[C@@H](O)[C@@H]2O. The van der Waals surface area contributed by atoms with Gasteiger partial charge in [-0.25, -0.2) is 0 Å². The summed E-state index contributed by atoms with van der Waals surface area (Å²) < 4.78 is 30.2. The average Bonchev–Trinajstić information content (AvgIpc) is 2.84. The molecule has 3 aliphatic rings. The van der Waals surface area contributed by atoms with E-state index in [0.717, 1.165) is 35.6 Å². The van der Waals surface area contributed by atoms with Crippen molar-refractivity contribution in [1.29, 1.82) is 0 Å². The van der Waals surface area contributed by atoms with Crippen molar-refractivity contribution in [3.05, 3.63) is 29.3 Å². The summed E-state index contributed by atoms with van der Waals surface area (Å²) in [5.41, 5.74) is 2.24. The molecule has 3 unspecified atom stereocenters. The molecule has 27 heavy (non-hydrogen) atoms. The molecule has 0 spiro atoms. The zero-order chi connectivity index (χ0) is 19.6. The van der Waals surface area contributed by atoms with E-state index in [1.807, 2.05) is 12.1 Å². The summed E-state index contributed by atoms with van der Waals surface area (Å²) in [4.78, 5) is 0. The highest BCUT2D eigenvalue weighted by molar-refractivity contribution is 7.84. The topological polar surface area (TPSA) is 87.1 Å². The molecule has 6 atom stereocenters. The van der Waals surface area contributed by atoms with Gasteiger partial charge in [0.1, 0.15) is 5.75 Å². The van der Waals surface area contributed by atoms with Gasteiger partial charge in [-0.1, -0.05) is 13.0 Å². The van der Waals surface area contributed by atoms with Crippen LogP contribution in [0.2, 0.25) is 0 Å². The van der Waals surface area contributed by atoms with E-state index < -0.39 is 22.5 Å². The number of benzene rings is 1. The van der Waals surface area contributed by atoms with Gasteiger partial charge in [0.2, 0.25) is 0 Å². The van der Waals surface area contributed by atoms with Crippen molar-refractivity contribution >= 4 is 10.3 Å². The van der Waals surface area contributed by atoms with Gasteiger partial charge >= 0.3 is 10.3 Å². The highest BCUT2D eigenvalue weighted by Gasteiger charge is 2.57. The Labute approximate surface area is 161 Å². The molecule has 4 rings (SSSR count). The predicted octanol–water partition coefficient (Wildman–Crippen LogP) is 2.06. The van der Waals surface area contributed by atoms with Crippen molar-refractivity contribution in [2.75, 3.05) is 14.1 Å². The van der Waals surface area contributed by atoms with Crippen LogP contribution in [0.25, 0.3) is 0 Å². The van der Waals surface area contributed by atoms with E-state index in [2.05, 4.69) is 6.92 Å². The minimum Gasteiger partial charge on any atom is -0.390 e. The van der Waals surface area contributed by atoms with Gasteiger partial charge in [-0.15, -0.1) is 0 Å². The summed E-state index contributed by atoms with van der Waals surface area (Å²) in [5, 5.41) is 20.7.